The molecule has 88 valence electrons. The van der Waals surface area contributed by atoms with Crippen molar-refractivity contribution in [2.75, 3.05) is 6.54 Å². The van der Waals surface area contributed by atoms with Crippen molar-refractivity contribution in [3.05, 3.63) is 23.5 Å². The van der Waals surface area contributed by atoms with E-state index in [2.05, 4.69) is 9.71 Å². The summed E-state index contributed by atoms with van der Waals surface area (Å²) in [6.07, 6.45) is 4.70. The molecule has 0 aliphatic heterocycles. The zero-order valence-electron chi connectivity index (χ0n) is 8.69. The summed E-state index contributed by atoms with van der Waals surface area (Å²) in [6.45, 7) is 0.519. The lowest BCUT2D eigenvalue weighted by atomic mass is 9.86. The molecule has 16 heavy (non-hydrogen) atoms. The summed E-state index contributed by atoms with van der Waals surface area (Å²) < 4.78 is 26.2. The molecule has 0 saturated heterocycles. The first-order valence-corrected chi connectivity index (χ1v) is 7.05. The third-order valence-electron chi connectivity index (χ3n) is 2.80. The first kappa shape index (κ1) is 11.8. The second kappa shape index (κ2) is 4.69. The summed E-state index contributed by atoms with van der Waals surface area (Å²) in [4.78, 5) is 3.92. The maximum absolute atomic E-state index is 11.8. The Kier molecular flexibility index (Phi) is 3.47. The average molecular weight is 261 g/mol. The van der Waals surface area contributed by atoms with Gasteiger partial charge in [-0.1, -0.05) is 18.0 Å². The molecule has 0 aromatic carbocycles. The fourth-order valence-electron chi connectivity index (χ4n) is 1.53. The van der Waals surface area contributed by atoms with Gasteiger partial charge in [-0.3, -0.25) is 0 Å². The Morgan fingerprint density at radius 3 is 2.69 bits per heavy atom. The topological polar surface area (TPSA) is 59.1 Å². The molecule has 1 saturated carbocycles. The van der Waals surface area contributed by atoms with Gasteiger partial charge in [-0.2, -0.15) is 0 Å². The lowest BCUT2D eigenvalue weighted by Gasteiger charge is -2.25. The molecule has 0 radical (unpaired) electrons. The summed E-state index contributed by atoms with van der Waals surface area (Å²) in [5, 5.41) is 0.290. The van der Waals surface area contributed by atoms with Crippen molar-refractivity contribution in [1.29, 1.82) is 0 Å². The van der Waals surface area contributed by atoms with Crippen LogP contribution in [0.25, 0.3) is 0 Å². The summed E-state index contributed by atoms with van der Waals surface area (Å²) in [5.74, 6) is 0.495. The second-order valence-corrected chi connectivity index (χ2v) is 6.12. The van der Waals surface area contributed by atoms with Crippen LogP contribution < -0.4 is 4.72 Å². The molecule has 1 aromatic rings. The van der Waals surface area contributed by atoms with E-state index < -0.39 is 10.0 Å². The molecule has 6 heteroatoms. The van der Waals surface area contributed by atoms with Crippen LogP contribution >= 0.6 is 11.6 Å². The summed E-state index contributed by atoms with van der Waals surface area (Å²) in [5.41, 5.74) is 0. The molecule has 1 fully saturated rings. The normalized spacial score (nSPS) is 17.1. The first-order chi connectivity index (χ1) is 7.58. The van der Waals surface area contributed by atoms with Gasteiger partial charge in [0, 0.05) is 12.7 Å². The molecule has 0 amide bonds. The Hall–Kier alpha value is -0.650. The zero-order valence-corrected chi connectivity index (χ0v) is 10.3. The van der Waals surface area contributed by atoms with E-state index in [4.69, 9.17) is 11.6 Å². The van der Waals surface area contributed by atoms with E-state index in [-0.39, 0.29) is 10.0 Å². The van der Waals surface area contributed by atoms with Gasteiger partial charge in [-0.15, -0.1) is 0 Å². The maximum Gasteiger partial charge on any atom is 0.242 e. The predicted molar refractivity (Wildman–Crippen MR) is 61.8 cm³/mol. The van der Waals surface area contributed by atoms with E-state index in [1.807, 2.05) is 0 Å². The summed E-state index contributed by atoms with van der Waals surface area (Å²) in [7, 11) is -3.42. The van der Waals surface area contributed by atoms with Crippen LogP contribution in [0.15, 0.2) is 23.2 Å². The standard InChI is InChI=1S/C10H13ClN2O2S/c11-10-5-4-9(7-12-10)16(14,15)13-6-8-2-1-3-8/h4-5,7-8,13H,1-3,6H2. The van der Waals surface area contributed by atoms with Crippen molar-refractivity contribution in [2.24, 2.45) is 5.92 Å². The van der Waals surface area contributed by atoms with Crippen LogP contribution in [0.3, 0.4) is 0 Å². The molecular formula is C10H13ClN2O2S. The highest BCUT2D eigenvalue weighted by Crippen LogP contribution is 2.25. The number of nitrogens with one attached hydrogen (secondary N) is 1. The smallest absolute Gasteiger partial charge is 0.242 e. The highest BCUT2D eigenvalue weighted by Gasteiger charge is 2.21. The van der Waals surface area contributed by atoms with Crippen LogP contribution in [0.2, 0.25) is 5.15 Å². The Balaban J connectivity index is 2.02. The van der Waals surface area contributed by atoms with E-state index in [1.54, 1.807) is 0 Å². The van der Waals surface area contributed by atoms with Crippen LogP contribution in [-0.4, -0.2) is 19.9 Å². The molecule has 0 unspecified atom stereocenters. The second-order valence-electron chi connectivity index (χ2n) is 3.97. The number of rotatable bonds is 4. The minimum Gasteiger partial charge on any atom is -0.243 e. The van der Waals surface area contributed by atoms with Crippen molar-refractivity contribution in [1.82, 2.24) is 9.71 Å². The van der Waals surface area contributed by atoms with Crippen molar-refractivity contribution < 1.29 is 8.42 Å². The Morgan fingerprint density at radius 1 is 1.44 bits per heavy atom. The molecule has 2 rings (SSSR count). The van der Waals surface area contributed by atoms with Gasteiger partial charge in [0.05, 0.1) is 0 Å². The Morgan fingerprint density at radius 2 is 2.19 bits per heavy atom. The van der Waals surface area contributed by atoms with Gasteiger partial charge in [0.15, 0.2) is 0 Å². The number of aromatic nitrogens is 1. The van der Waals surface area contributed by atoms with Gasteiger partial charge in [0.2, 0.25) is 10.0 Å². The third-order valence-corrected chi connectivity index (χ3v) is 4.43. The van der Waals surface area contributed by atoms with Gasteiger partial charge in [-0.05, 0) is 30.9 Å². The number of sulfonamides is 1. The van der Waals surface area contributed by atoms with E-state index in [0.717, 1.165) is 12.8 Å². The molecule has 1 heterocycles. The zero-order chi connectivity index (χ0) is 11.6. The lowest BCUT2D eigenvalue weighted by molar-refractivity contribution is 0.316. The highest BCUT2D eigenvalue weighted by atomic mass is 35.5. The van der Waals surface area contributed by atoms with Gasteiger partial charge < -0.3 is 0 Å². The minimum atomic E-state index is -3.42. The lowest BCUT2D eigenvalue weighted by Crippen LogP contribution is -2.32. The quantitative estimate of drug-likeness (QED) is 0.840. The van der Waals surface area contributed by atoms with Crippen molar-refractivity contribution in [3.63, 3.8) is 0 Å². The number of hydrogen-bond donors (Lipinski definition) is 1. The van der Waals surface area contributed by atoms with E-state index in [1.165, 1.54) is 24.8 Å². The first-order valence-electron chi connectivity index (χ1n) is 5.19. The minimum absolute atomic E-state index is 0.163. The monoisotopic (exact) mass is 260 g/mol. The molecule has 0 atom stereocenters. The fraction of sp³-hybridized carbons (Fsp3) is 0.500. The largest absolute Gasteiger partial charge is 0.243 e. The van der Waals surface area contributed by atoms with Crippen LogP contribution in [0.1, 0.15) is 19.3 Å². The van der Waals surface area contributed by atoms with Gasteiger partial charge in [0.1, 0.15) is 10.0 Å². The third kappa shape index (κ3) is 2.72. The van der Waals surface area contributed by atoms with E-state index in [9.17, 15) is 8.42 Å². The number of nitrogens with zero attached hydrogens (tertiary/aromatic N) is 1. The van der Waals surface area contributed by atoms with Gasteiger partial charge >= 0.3 is 0 Å². The van der Waals surface area contributed by atoms with Gasteiger partial charge in [-0.25, -0.2) is 18.1 Å². The molecule has 4 nitrogen and oxygen atoms in total. The molecule has 1 N–H and O–H groups in total. The SMILES string of the molecule is O=S(=O)(NCC1CCC1)c1ccc(Cl)nc1. The Labute approximate surface area is 100 Å². The summed E-state index contributed by atoms with van der Waals surface area (Å²) >= 11 is 5.59. The van der Waals surface area contributed by atoms with Crippen LogP contribution in [0.4, 0.5) is 0 Å². The molecule has 1 aliphatic carbocycles. The van der Waals surface area contributed by atoms with Crippen molar-refractivity contribution >= 4 is 21.6 Å². The number of pyridine rings is 1. The molecule has 0 spiro atoms. The molecule has 0 bridgehead atoms. The molecule has 1 aromatic heterocycles. The van der Waals surface area contributed by atoms with Crippen molar-refractivity contribution in [3.8, 4) is 0 Å². The van der Waals surface area contributed by atoms with Crippen LogP contribution in [-0.2, 0) is 10.0 Å². The maximum atomic E-state index is 11.8. The fourth-order valence-corrected chi connectivity index (χ4v) is 2.70. The summed E-state index contributed by atoms with van der Waals surface area (Å²) in [6, 6.07) is 2.93. The molecular weight excluding hydrogens is 248 g/mol. The van der Waals surface area contributed by atoms with Crippen LogP contribution in [0.5, 0.6) is 0 Å². The van der Waals surface area contributed by atoms with E-state index in [0.29, 0.717) is 12.5 Å². The predicted octanol–water partition coefficient (Wildman–Crippen LogP) is 1.81. The Bertz CT molecular complexity index is 454. The van der Waals surface area contributed by atoms with Crippen molar-refractivity contribution in [2.45, 2.75) is 24.2 Å². The average Bonchev–Trinajstić information content (AvgIpc) is 2.15. The number of hydrogen-bond acceptors (Lipinski definition) is 3. The van der Waals surface area contributed by atoms with Gasteiger partial charge in [0.25, 0.3) is 0 Å². The highest BCUT2D eigenvalue weighted by molar-refractivity contribution is 7.89. The molecule has 1 aliphatic rings. The number of halogens is 1. The van der Waals surface area contributed by atoms with Crippen LogP contribution in [0, 0.1) is 5.92 Å². The van der Waals surface area contributed by atoms with E-state index >= 15 is 0 Å².